The third-order valence-electron chi connectivity index (χ3n) is 4.92. The molecule has 0 bridgehead atoms. The van der Waals surface area contributed by atoms with Gasteiger partial charge in [0, 0.05) is 11.9 Å². The van der Waals surface area contributed by atoms with Gasteiger partial charge in [0.1, 0.15) is 23.8 Å². The molecule has 4 rings (SSSR count). The number of hydrogen-bond donors (Lipinski definition) is 2. The standard InChI is InChI=1S/C26H21FN4O3S/c27-20-10-12-21(13-11-20)30-25(33)22-14-29-26(31-24(22)28)35-16-23(32)34-15-17-6-8-19(9-7-17)18-4-2-1-3-5-18/h1-14H,15-16H2,(H,30,33)(H2,28,29,31). The Morgan fingerprint density at radius 2 is 1.63 bits per heavy atom. The van der Waals surface area contributed by atoms with Crippen molar-refractivity contribution in [1.29, 1.82) is 0 Å². The van der Waals surface area contributed by atoms with Gasteiger partial charge in [0.2, 0.25) is 0 Å². The van der Waals surface area contributed by atoms with Gasteiger partial charge in [-0.05, 0) is 41.0 Å². The number of nitrogens with zero attached hydrogens (tertiary/aromatic N) is 2. The molecule has 9 heteroatoms. The van der Waals surface area contributed by atoms with Crippen LogP contribution in [0.2, 0.25) is 0 Å². The highest BCUT2D eigenvalue weighted by Gasteiger charge is 2.14. The van der Waals surface area contributed by atoms with Crippen molar-refractivity contribution in [1.82, 2.24) is 9.97 Å². The average Bonchev–Trinajstić information content (AvgIpc) is 2.88. The number of halogens is 1. The third-order valence-corrected chi connectivity index (χ3v) is 5.76. The van der Waals surface area contributed by atoms with Crippen LogP contribution in [0.5, 0.6) is 0 Å². The largest absolute Gasteiger partial charge is 0.460 e. The summed E-state index contributed by atoms with van der Waals surface area (Å²) in [6, 6.07) is 23.1. The topological polar surface area (TPSA) is 107 Å². The summed E-state index contributed by atoms with van der Waals surface area (Å²) in [5.74, 6) is -1.41. The molecule has 176 valence electrons. The van der Waals surface area contributed by atoms with Gasteiger partial charge in [-0.15, -0.1) is 0 Å². The quantitative estimate of drug-likeness (QED) is 0.205. The van der Waals surface area contributed by atoms with Crippen molar-refractivity contribution in [2.24, 2.45) is 0 Å². The van der Waals surface area contributed by atoms with Gasteiger partial charge in [0.05, 0.1) is 5.75 Å². The lowest BCUT2D eigenvalue weighted by Gasteiger charge is -2.08. The van der Waals surface area contributed by atoms with E-state index >= 15 is 0 Å². The molecule has 0 aliphatic rings. The van der Waals surface area contributed by atoms with E-state index in [1.807, 2.05) is 54.6 Å². The molecule has 4 aromatic rings. The van der Waals surface area contributed by atoms with Crippen molar-refractivity contribution in [3.63, 3.8) is 0 Å². The molecule has 0 radical (unpaired) electrons. The molecule has 1 amide bonds. The molecular weight excluding hydrogens is 467 g/mol. The number of esters is 1. The molecule has 0 saturated carbocycles. The van der Waals surface area contributed by atoms with Gasteiger partial charge >= 0.3 is 5.97 Å². The maximum atomic E-state index is 13.0. The lowest BCUT2D eigenvalue weighted by Crippen LogP contribution is -2.16. The summed E-state index contributed by atoms with van der Waals surface area (Å²) < 4.78 is 18.3. The number of thioether (sulfide) groups is 1. The number of rotatable bonds is 8. The minimum absolute atomic E-state index is 0.0112. The SMILES string of the molecule is Nc1nc(SCC(=O)OCc2ccc(-c3ccccc3)cc2)ncc1C(=O)Nc1ccc(F)cc1. The van der Waals surface area contributed by atoms with Crippen LogP contribution in [0.15, 0.2) is 90.2 Å². The molecule has 3 aromatic carbocycles. The van der Waals surface area contributed by atoms with Crippen molar-refractivity contribution >= 4 is 35.1 Å². The van der Waals surface area contributed by atoms with Gasteiger partial charge in [0.15, 0.2) is 5.16 Å². The number of aromatic nitrogens is 2. The van der Waals surface area contributed by atoms with E-state index in [4.69, 9.17) is 10.5 Å². The second kappa shape index (κ2) is 11.3. The van der Waals surface area contributed by atoms with Gasteiger partial charge in [-0.2, -0.15) is 0 Å². The molecule has 0 unspecified atom stereocenters. The van der Waals surface area contributed by atoms with E-state index in [2.05, 4.69) is 15.3 Å². The van der Waals surface area contributed by atoms with E-state index < -0.39 is 17.7 Å². The fourth-order valence-electron chi connectivity index (χ4n) is 3.11. The predicted octanol–water partition coefficient (Wildman–Crippen LogP) is 4.95. The number of carbonyl (C=O) groups is 2. The Bertz CT molecular complexity index is 1320. The zero-order chi connectivity index (χ0) is 24.6. The maximum absolute atomic E-state index is 13.0. The highest BCUT2D eigenvalue weighted by Crippen LogP contribution is 2.21. The van der Waals surface area contributed by atoms with E-state index in [0.717, 1.165) is 28.5 Å². The first-order valence-corrected chi connectivity index (χ1v) is 11.6. The number of amides is 1. The van der Waals surface area contributed by atoms with E-state index in [-0.39, 0.29) is 28.9 Å². The van der Waals surface area contributed by atoms with Gasteiger partial charge in [-0.1, -0.05) is 66.4 Å². The van der Waals surface area contributed by atoms with Crippen LogP contribution in [-0.2, 0) is 16.1 Å². The van der Waals surface area contributed by atoms with Crippen LogP contribution in [0.4, 0.5) is 15.9 Å². The van der Waals surface area contributed by atoms with Crippen LogP contribution in [0.1, 0.15) is 15.9 Å². The van der Waals surface area contributed by atoms with Crippen molar-refractivity contribution < 1.29 is 18.7 Å². The van der Waals surface area contributed by atoms with Crippen molar-refractivity contribution in [3.8, 4) is 11.1 Å². The Kier molecular flexibility index (Phi) is 7.69. The summed E-state index contributed by atoms with van der Waals surface area (Å²) in [5, 5.41) is 2.84. The van der Waals surface area contributed by atoms with Crippen molar-refractivity contribution in [2.45, 2.75) is 11.8 Å². The number of benzene rings is 3. The fraction of sp³-hybridized carbons (Fsp3) is 0.0769. The lowest BCUT2D eigenvalue weighted by molar-refractivity contribution is -0.141. The minimum Gasteiger partial charge on any atom is -0.460 e. The van der Waals surface area contributed by atoms with E-state index in [0.29, 0.717) is 5.69 Å². The maximum Gasteiger partial charge on any atom is 0.316 e. The number of nitrogens with one attached hydrogen (secondary N) is 1. The Hall–Kier alpha value is -4.24. The summed E-state index contributed by atoms with van der Waals surface area (Å²) in [6.07, 6.45) is 1.28. The normalized spacial score (nSPS) is 10.5. The predicted molar refractivity (Wildman–Crippen MR) is 133 cm³/mol. The summed E-state index contributed by atoms with van der Waals surface area (Å²) in [4.78, 5) is 32.7. The summed E-state index contributed by atoms with van der Waals surface area (Å²) >= 11 is 1.05. The highest BCUT2D eigenvalue weighted by atomic mass is 32.2. The Labute approximate surface area is 205 Å². The molecule has 0 aliphatic carbocycles. The smallest absolute Gasteiger partial charge is 0.316 e. The molecule has 0 atom stereocenters. The molecule has 35 heavy (non-hydrogen) atoms. The second-order valence-electron chi connectivity index (χ2n) is 7.42. The van der Waals surface area contributed by atoms with Gasteiger partial charge in [-0.25, -0.2) is 14.4 Å². The summed E-state index contributed by atoms with van der Waals surface area (Å²) in [5.41, 5.74) is 9.45. The first-order chi connectivity index (χ1) is 17.0. The summed E-state index contributed by atoms with van der Waals surface area (Å²) in [7, 11) is 0. The molecule has 7 nitrogen and oxygen atoms in total. The zero-order valence-corrected chi connectivity index (χ0v) is 19.3. The first kappa shape index (κ1) is 23.9. The van der Waals surface area contributed by atoms with E-state index in [1.165, 1.54) is 30.5 Å². The zero-order valence-electron chi connectivity index (χ0n) is 18.5. The molecule has 0 spiro atoms. The van der Waals surface area contributed by atoms with E-state index in [9.17, 15) is 14.0 Å². The molecule has 1 aromatic heterocycles. The lowest BCUT2D eigenvalue weighted by atomic mass is 10.0. The number of nitrogens with two attached hydrogens (primary N) is 1. The minimum atomic E-state index is -0.525. The summed E-state index contributed by atoms with van der Waals surface area (Å²) in [6.45, 7) is 0.153. The molecule has 3 N–H and O–H groups in total. The van der Waals surface area contributed by atoms with E-state index in [1.54, 1.807) is 0 Å². The number of nitrogen functional groups attached to an aromatic ring is 1. The number of hydrogen-bond acceptors (Lipinski definition) is 7. The number of ether oxygens (including phenoxy) is 1. The third kappa shape index (κ3) is 6.64. The van der Waals surface area contributed by atoms with Gasteiger partial charge in [0.25, 0.3) is 5.91 Å². The number of carbonyl (C=O) groups excluding carboxylic acids is 2. The van der Waals surface area contributed by atoms with Gasteiger partial charge in [-0.3, -0.25) is 9.59 Å². The Balaban J connectivity index is 1.26. The molecule has 0 saturated heterocycles. The van der Waals surface area contributed by atoms with Crippen LogP contribution in [0.3, 0.4) is 0 Å². The highest BCUT2D eigenvalue weighted by molar-refractivity contribution is 7.99. The fourth-order valence-corrected chi connectivity index (χ4v) is 3.73. The first-order valence-electron chi connectivity index (χ1n) is 10.6. The average molecular weight is 489 g/mol. The Morgan fingerprint density at radius 3 is 2.31 bits per heavy atom. The van der Waals surface area contributed by atoms with Crippen LogP contribution in [0, 0.1) is 5.82 Å². The van der Waals surface area contributed by atoms with Crippen LogP contribution < -0.4 is 11.1 Å². The molecule has 1 heterocycles. The Morgan fingerprint density at radius 1 is 0.943 bits per heavy atom. The van der Waals surface area contributed by atoms with Gasteiger partial charge < -0.3 is 15.8 Å². The van der Waals surface area contributed by atoms with Crippen LogP contribution >= 0.6 is 11.8 Å². The monoisotopic (exact) mass is 488 g/mol. The van der Waals surface area contributed by atoms with Crippen LogP contribution in [0.25, 0.3) is 11.1 Å². The number of anilines is 2. The molecule has 0 aliphatic heterocycles. The second-order valence-corrected chi connectivity index (χ2v) is 8.37. The van der Waals surface area contributed by atoms with Crippen molar-refractivity contribution in [2.75, 3.05) is 16.8 Å². The van der Waals surface area contributed by atoms with Crippen LogP contribution in [-0.4, -0.2) is 27.6 Å². The molecule has 0 fully saturated rings. The molecular formula is C26H21FN4O3S. The van der Waals surface area contributed by atoms with Crippen molar-refractivity contribution in [3.05, 3.63) is 102 Å².